The predicted molar refractivity (Wildman–Crippen MR) is 107 cm³/mol. The molecule has 1 fully saturated rings. The molecule has 9 heteroatoms. The number of carbonyl (C=O) groups is 4. The number of nitrogens with zero attached hydrogens (tertiary/aromatic N) is 1. The Morgan fingerprint density at radius 2 is 1.75 bits per heavy atom. The van der Waals surface area contributed by atoms with Crippen LogP contribution < -0.4 is 10.2 Å². The number of imide groups is 1. The summed E-state index contributed by atoms with van der Waals surface area (Å²) in [4.78, 5) is 48.8. The van der Waals surface area contributed by atoms with Gasteiger partial charge >= 0.3 is 5.97 Å². The number of nitrogens with one attached hydrogen (secondary N) is 1. The van der Waals surface area contributed by atoms with Crippen LogP contribution in [0.4, 0.5) is 11.4 Å². The zero-order chi connectivity index (χ0) is 20.3. The van der Waals surface area contributed by atoms with E-state index >= 15 is 0 Å². The Hall–Kier alpha value is -2.84. The number of rotatable bonds is 6. The van der Waals surface area contributed by atoms with Gasteiger partial charge in [-0.1, -0.05) is 11.6 Å². The van der Waals surface area contributed by atoms with Gasteiger partial charge in [0.15, 0.2) is 0 Å². The maximum atomic E-state index is 12.5. The number of carboxylic acids is 1. The van der Waals surface area contributed by atoms with Crippen molar-refractivity contribution in [2.24, 2.45) is 0 Å². The number of hydrogen-bond acceptors (Lipinski definition) is 5. The molecule has 1 atom stereocenters. The number of thioether (sulfide) groups is 1. The molecule has 1 aliphatic rings. The summed E-state index contributed by atoms with van der Waals surface area (Å²) in [6.45, 7) is 0. The SMILES string of the molecule is O=C(CSC1CC(=O)N(c2ccc(Cl)cc2)C1=O)Nc1ccc(C(=O)O)cc1. The van der Waals surface area contributed by atoms with Crippen molar-refractivity contribution in [2.75, 3.05) is 16.0 Å². The molecule has 0 aromatic heterocycles. The predicted octanol–water partition coefficient (Wildman–Crippen LogP) is 3.04. The van der Waals surface area contributed by atoms with Crippen LogP contribution in [0.15, 0.2) is 48.5 Å². The Bertz CT molecular complexity index is 930. The number of carbonyl (C=O) groups excluding carboxylic acids is 3. The van der Waals surface area contributed by atoms with Crippen LogP contribution in [0.1, 0.15) is 16.8 Å². The number of carboxylic acid groups (broad SMARTS) is 1. The van der Waals surface area contributed by atoms with E-state index in [4.69, 9.17) is 16.7 Å². The lowest BCUT2D eigenvalue weighted by Gasteiger charge is -2.15. The Morgan fingerprint density at radius 3 is 2.36 bits per heavy atom. The third kappa shape index (κ3) is 4.52. The molecule has 1 aliphatic heterocycles. The van der Waals surface area contributed by atoms with Crippen molar-refractivity contribution in [3.8, 4) is 0 Å². The zero-order valence-corrected chi connectivity index (χ0v) is 16.0. The van der Waals surface area contributed by atoms with E-state index in [0.717, 1.165) is 16.7 Å². The van der Waals surface area contributed by atoms with Crippen LogP contribution in [-0.2, 0) is 14.4 Å². The van der Waals surface area contributed by atoms with Crippen LogP contribution >= 0.6 is 23.4 Å². The van der Waals surface area contributed by atoms with E-state index in [-0.39, 0.29) is 35.5 Å². The van der Waals surface area contributed by atoms with Gasteiger partial charge in [0.05, 0.1) is 22.3 Å². The highest BCUT2D eigenvalue weighted by Crippen LogP contribution is 2.30. The summed E-state index contributed by atoms with van der Waals surface area (Å²) >= 11 is 6.92. The molecule has 1 saturated heterocycles. The number of benzene rings is 2. The topological polar surface area (TPSA) is 104 Å². The molecule has 0 saturated carbocycles. The first-order valence-electron chi connectivity index (χ1n) is 8.22. The molecular weight excluding hydrogens is 404 g/mol. The molecule has 7 nitrogen and oxygen atoms in total. The molecule has 3 amide bonds. The molecule has 0 radical (unpaired) electrons. The van der Waals surface area contributed by atoms with Crippen LogP contribution in [0.25, 0.3) is 0 Å². The van der Waals surface area contributed by atoms with E-state index < -0.39 is 11.2 Å². The Balaban J connectivity index is 1.56. The molecule has 0 bridgehead atoms. The minimum absolute atomic E-state index is 0.0151. The van der Waals surface area contributed by atoms with Crippen LogP contribution in [0.2, 0.25) is 5.02 Å². The van der Waals surface area contributed by atoms with Gasteiger partial charge in [0.1, 0.15) is 0 Å². The molecule has 2 aromatic rings. The second-order valence-electron chi connectivity index (χ2n) is 5.98. The third-order valence-corrected chi connectivity index (χ3v) is 5.47. The minimum Gasteiger partial charge on any atom is -0.478 e. The quantitative estimate of drug-likeness (QED) is 0.699. The third-order valence-electron chi connectivity index (χ3n) is 4.02. The zero-order valence-electron chi connectivity index (χ0n) is 14.4. The molecule has 2 N–H and O–H groups in total. The first-order valence-corrected chi connectivity index (χ1v) is 9.65. The lowest BCUT2D eigenvalue weighted by Crippen LogP contribution is -2.31. The Labute approximate surface area is 169 Å². The highest BCUT2D eigenvalue weighted by atomic mass is 35.5. The number of hydrogen-bond donors (Lipinski definition) is 2. The summed E-state index contributed by atoms with van der Waals surface area (Å²) in [5, 5.41) is 11.4. The van der Waals surface area contributed by atoms with E-state index in [1.54, 1.807) is 24.3 Å². The van der Waals surface area contributed by atoms with E-state index in [0.29, 0.717) is 16.4 Å². The van der Waals surface area contributed by atoms with Crippen LogP contribution in [0.5, 0.6) is 0 Å². The van der Waals surface area contributed by atoms with E-state index in [9.17, 15) is 19.2 Å². The van der Waals surface area contributed by atoms with Crippen molar-refractivity contribution in [3.05, 3.63) is 59.1 Å². The van der Waals surface area contributed by atoms with Gasteiger partial charge in [-0.15, -0.1) is 11.8 Å². The van der Waals surface area contributed by atoms with Crippen molar-refractivity contribution in [3.63, 3.8) is 0 Å². The smallest absolute Gasteiger partial charge is 0.335 e. The normalized spacial score (nSPS) is 16.3. The Morgan fingerprint density at radius 1 is 1.11 bits per heavy atom. The summed E-state index contributed by atoms with van der Waals surface area (Å²) in [6, 6.07) is 12.1. The molecule has 144 valence electrons. The first kappa shape index (κ1) is 19.9. The number of amides is 3. The highest BCUT2D eigenvalue weighted by Gasteiger charge is 2.40. The van der Waals surface area contributed by atoms with Gasteiger partial charge in [0.2, 0.25) is 17.7 Å². The summed E-state index contributed by atoms with van der Waals surface area (Å²) in [5.74, 6) is -2.11. The molecule has 3 rings (SSSR count). The maximum Gasteiger partial charge on any atom is 0.335 e. The van der Waals surface area contributed by atoms with Gasteiger partial charge in [-0.3, -0.25) is 14.4 Å². The lowest BCUT2D eigenvalue weighted by atomic mass is 10.2. The molecule has 1 heterocycles. The van der Waals surface area contributed by atoms with Gasteiger partial charge in [-0.2, -0.15) is 0 Å². The van der Waals surface area contributed by atoms with Gasteiger partial charge in [-0.25, -0.2) is 9.69 Å². The van der Waals surface area contributed by atoms with Crippen LogP contribution in [0, 0.1) is 0 Å². The Kier molecular flexibility index (Phi) is 6.01. The van der Waals surface area contributed by atoms with Crippen molar-refractivity contribution in [2.45, 2.75) is 11.7 Å². The average molecular weight is 419 g/mol. The van der Waals surface area contributed by atoms with Gasteiger partial charge in [0.25, 0.3) is 0 Å². The van der Waals surface area contributed by atoms with Crippen molar-refractivity contribution >= 4 is 58.4 Å². The van der Waals surface area contributed by atoms with Crippen molar-refractivity contribution < 1.29 is 24.3 Å². The van der Waals surface area contributed by atoms with Gasteiger partial charge in [-0.05, 0) is 48.5 Å². The number of halogens is 1. The van der Waals surface area contributed by atoms with E-state index in [1.807, 2.05) is 0 Å². The standard InChI is InChI=1S/C19H15ClN2O5S/c20-12-3-7-14(8-4-12)22-17(24)9-15(18(22)25)28-10-16(23)21-13-5-1-11(2-6-13)19(26)27/h1-8,15H,9-10H2,(H,21,23)(H,26,27). The van der Waals surface area contributed by atoms with E-state index in [1.165, 1.54) is 24.3 Å². The van der Waals surface area contributed by atoms with E-state index in [2.05, 4.69) is 5.32 Å². The molecule has 0 spiro atoms. The molecule has 0 aliphatic carbocycles. The van der Waals surface area contributed by atoms with Crippen LogP contribution in [0.3, 0.4) is 0 Å². The number of anilines is 2. The highest BCUT2D eigenvalue weighted by molar-refractivity contribution is 8.01. The lowest BCUT2D eigenvalue weighted by molar-refractivity contribution is -0.121. The summed E-state index contributed by atoms with van der Waals surface area (Å²) in [5.41, 5.74) is 1.02. The largest absolute Gasteiger partial charge is 0.478 e. The average Bonchev–Trinajstić information content (AvgIpc) is 2.95. The number of aromatic carboxylic acids is 1. The first-order chi connectivity index (χ1) is 13.3. The molecule has 2 aromatic carbocycles. The van der Waals surface area contributed by atoms with Gasteiger partial charge < -0.3 is 10.4 Å². The summed E-state index contributed by atoms with van der Waals surface area (Å²) < 4.78 is 0. The second kappa shape index (κ2) is 8.45. The van der Waals surface area contributed by atoms with Crippen LogP contribution in [-0.4, -0.2) is 39.8 Å². The summed E-state index contributed by atoms with van der Waals surface area (Å²) in [6.07, 6.45) is 0.0206. The maximum absolute atomic E-state index is 12.5. The fraction of sp³-hybridized carbons (Fsp3) is 0.158. The molecule has 1 unspecified atom stereocenters. The molecule has 28 heavy (non-hydrogen) atoms. The van der Waals surface area contributed by atoms with Crippen molar-refractivity contribution in [1.29, 1.82) is 0 Å². The monoisotopic (exact) mass is 418 g/mol. The second-order valence-corrected chi connectivity index (χ2v) is 7.61. The fourth-order valence-electron chi connectivity index (χ4n) is 2.67. The fourth-order valence-corrected chi connectivity index (χ4v) is 3.72. The van der Waals surface area contributed by atoms with Crippen molar-refractivity contribution in [1.82, 2.24) is 0 Å². The summed E-state index contributed by atoms with van der Waals surface area (Å²) in [7, 11) is 0. The molecular formula is C19H15ClN2O5S. The van der Waals surface area contributed by atoms with Gasteiger partial charge in [0, 0.05) is 17.1 Å². The minimum atomic E-state index is -1.05.